The van der Waals surface area contributed by atoms with E-state index in [1.54, 1.807) is 11.1 Å². The van der Waals surface area contributed by atoms with Crippen molar-refractivity contribution in [1.29, 1.82) is 0 Å². The van der Waals surface area contributed by atoms with Crippen LogP contribution in [0, 0.1) is 6.92 Å². The molecule has 4 nitrogen and oxygen atoms in total. The first-order chi connectivity index (χ1) is 13.1. The summed E-state index contributed by atoms with van der Waals surface area (Å²) in [5, 5.41) is 0.666. The zero-order valence-electron chi connectivity index (χ0n) is 14.6. The first kappa shape index (κ1) is 17.8. The summed E-state index contributed by atoms with van der Waals surface area (Å²) in [5.41, 5.74) is 3.45. The number of hydrogen-bond acceptors (Lipinski definition) is 4. The van der Waals surface area contributed by atoms with Crippen molar-refractivity contribution < 1.29 is 4.79 Å². The van der Waals surface area contributed by atoms with Crippen molar-refractivity contribution in [3.8, 4) is 0 Å². The Hall–Kier alpha value is -2.57. The zero-order valence-corrected chi connectivity index (χ0v) is 17.0. The Morgan fingerprint density at radius 1 is 1.11 bits per heavy atom. The number of thiazole rings is 1. The Labute approximate surface area is 169 Å². The zero-order chi connectivity index (χ0) is 18.8. The Balaban J connectivity index is 1.76. The van der Waals surface area contributed by atoms with Gasteiger partial charge in [0, 0.05) is 16.2 Å². The van der Waals surface area contributed by atoms with Crippen molar-refractivity contribution >= 4 is 48.5 Å². The molecule has 4 aromatic rings. The van der Waals surface area contributed by atoms with Gasteiger partial charge in [-0.15, -0.1) is 0 Å². The smallest absolute Gasteiger partial charge is 0.260 e. The summed E-state index contributed by atoms with van der Waals surface area (Å²) in [7, 11) is 0. The lowest BCUT2D eigenvalue weighted by atomic mass is 10.1. The average molecular weight is 438 g/mol. The molecule has 0 aliphatic rings. The van der Waals surface area contributed by atoms with Crippen LogP contribution < -0.4 is 4.90 Å². The first-order valence-corrected chi connectivity index (χ1v) is 10.1. The molecule has 1 amide bonds. The Bertz CT molecular complexity index is 1090. The molecule has 0 bridgehead atoms. The van der Waals surface area contributed by atoms with Crippen LogP contribution in [0.15, 0.2) is 71.3 Å². The summed E-state index contributed by atoms with van der Waals surface area (Å²) in [6, 6.07) is 19.2. The van der Waals surface area contributed by atoms with Crippen LogP contribution in [-0.2, 0) is 6.54 Å². The van der Waals surface area contributed by atoms with E-state index in [-0.39, 0.29) is 5.91 Å². The molecule has 2 aromatic carbocycles. The number of hydrogen-bond donors (Lipinski definition) is 0. The van der Waals surface area contributed by atoms with Crippen molar-refractivity contribution in [3.63, 3.8) is 0 Å². The molecule has 0 atom stereocenters. The fourth-order valence-electron chi connectivity index (χ4n) is 2.73. The summed E-state index contributed by atoms with van der Waals surface area (Å²) in [4.78, 5) is 24.0. The quantitative estimate of drug-likeness (QED) is 0.416. The number of anilines is 1. The van der Waals surface area contributed by atoms with E-state index in [0.29, 0.717) is 17.2 Å². The summed E-state index contributed by atoms with van der Waals surface area (Å²) < 4.78 is 2.02. The number of nitrogens with zero attached hydrogens (tertiary/aromatic N) is 3. The molecule has 0 spiro atoms. The van der Waals surface area contributed by atoms with Crippen LogP contribution in [0.2, 0.25) is 0 Å². The molecule has 6 heteroatoms. The van der Waals surface area contributed by atoms with Crippen molar-refractivity contribution in [1.82, 2.24) is 9.97 Å². The van der Waals surface area contributed by atoms with Crippen molar-refractivity contribution in [2.75, 3.05) is 4.90 Å². The fourth-order valence-corrected chi connectivity index (χ4v) is 4.25. The number of carbonyl (C=O) groups excluding carboxylic acids is 1. The number of amides is 1. The summed E-state index contributed by atoms with van der Waals surface area (Å²) in [5.74, 6) is -0.0845. The van der Waals surface area contributed by atoms with Gasteiger partial charge in [-0.05, 0) is 49.4 Å². The molecule has 0 saturated carbocycles. The standard InChI is InChI=1S/C21H16BrN3OS/c1-14-5-7-15(8-6-14)20(26)25(13-17-4-2-3-11-23-17)21-24-18-10-9-16(22)12-19(18)27-21/h2-12H,13H2,1H3. The molecule has 2 aromatic heterocycles. The number of aryl methyl sites for hydroxylation is 1. The van der Waals surface area contributed by atoms with Crippen molar-refractivity contribution in [2.45, 2.75) is 13.5 Å². The lowest BCUT2D eigenvalue weighted by molar-refractivity contribution is 0.0985. The maximum Gasteiger partial charge on any atom is 0.260 e. The number of fused-ring (bicyclic) bond motifs is 1. The topological polar surface area (TPSA) is 46.1 Å². The third-order valence-corrected chi connectivity index (χ3v) is 5.69. The highest BCUT2D eigenvalue weighted by molar-refractivity contribution is 9.10. The number of pyridine rings is 1. The van der Waals surface area contributed by atoms with Crippen LogP contribution in [-0.4, -0.2) is 15.9 Å². The highest BCUT2D eigenvalue weighted by atomic mass is 79.9. The number of benzene rings is 2. The van der Waals surface area contributed by atoms with Gasteiger partial charge >= 0.3 is 0 Å². The SMILES string of the molecule is Cc1ccc(C(=O)N(Cc2ccccn2)c2nc3ccc(Br)cc3s2)cc1. The highest BCUT2D eigenvalue weighted by Crippen LogP contribution is 2.32. The van der Waals surface area contributed by atoms with Crippen LogP contribution in [0.25, 0.3) is 10.2 Å². The Morgan fingerprint density at radius 2 is 1.93 bits per heavy atom. The molecule has 0 radical (unpaired) electrons. The third kappa shape index (κ3) is 3.91. The molecule has 27 heavy (non-hydrogen) atoms. The van der Waals surface area contributed by atoms with E-state index < -0.39 is 0 Å². The van der Waals surface area contributed by atoms with E-state index in [2.05, 4.69) is 25.9 Å². The summed E-state index contributed by atoms with van der Waals surface area (Å²) >= 11 is 4.99. The Morgan fingerprint density at radius 3 is 2.67 bits per heavy atom. The van der Waals surface area contributed by atoms with Gasteiger partial charge in [0.1, 0.15) is 0 Å². The predicted molar refractivity (Wildman–Crippen MR) is 113 cm³/mol. The van der Waals surface area contributed by atoms with E-state index in [0.717, 1.165) is 25.9 Å². The van der Waals surface area contributed by atoms with E-state index in [4.69, 9.17) is 0 Å². The Kier molecular flexibility index (Phi) is 5.01. The molecule has 0 aliphatic carbocycles. The van der Waals surface area contributed by atoms with E-state index in [9.17, 15) is 4.79 Å². The molecular formula is C21H16BrN3OS. The van der Waals surface area contributed by atoms with Gasteiger partial charge in [-0.1, -0.05) is 51.0 Å². The molecule has 4 rings (SSSR count). The van der Waals surface area contributed by atoms with Gasteiger partial charge in [-0.25, -0.2) is 4.98 Å². The van der Waals surface area contributed by atoms with Crippen LogP contribution in [0.1, 0.15) is 21.6 Å². The first-order valence-electron chi connectivity index (χ1n) is 8.45. The predicted octanol–water partition coefficient (Wildman–Crippen LogP) is 5.61. The normalized spacial score (nSPS) is 10.9. The number of carbonyl (C=O) groups is 1. The van der Waals surface area contributed by atoms with Gasteiger partial charge in [0.25, 0.3) is 5.91 Å². The lowest BCUT2D eigenvalue weighted by Gasteiger charge is -2.19. The van der Waals surface area contributed by atoms with E-state index in [1.165, 1.54) is 11.3 Å². The average Bonchev–Trinajstić information content (AvgIpc) is 3.10. The van der Waals surface area contributed by atoms with Gasteiger partial charge in [0.15, 0.2) is 5.13 Å². The minimum atomic E-state index is -0.0845. The minimum absolute atomic E-state index is 0.0845. The molecule has 0 N–H and O–H groups in total. The second-order valence-electron chi connectivity index (χ2n) is 6.19. The van der Waals surface area contributed by atoms with Gasteiger partial charge in [0.05, 0.1) is 22.5 Å². The van der Waals surface area contributed by atoms with Crippen LogP contribution in [0.3, 0.4) is 0 Å². The van der Waals surface area contributed by atoms with Crippen molar-refractivity contribution in [3.05, 3.63) is 88.2 Å². The van der Waals surface area contributed by atoms with Crippen LogP contribution >= 0.6 is 27.3 Å². The third-order valence-electron chi connectivity index (χ3n) is 4.16. The summed E-state index contributed by atoms with van der Waals surface area (Å²) in [6.07, 6.45) is 1.74. The van der Waals surface area contributed by atoms with Gasteiger partial charge in [-0.3, -0.25) is 14.7 Å². The molecule has 0 saturated heterocycles. The van der Waals surface area contributed by atoms with Crippen LogP contribution in [0.4, 0.5) is 5.13 Å². The second kappa shape index (κ2) is 7.58. The van der Waals surface area contributed by atoms with Gasteiger partial charge in [-0.2, -0.15) is 0 Å². The van der Waals surface area contributed by atoms with Gasteiger partial charge in [0.2, 0.25) is 0 Å². The van der Waals surface area contributed by atoms with Crippen LogP contribution in [0.5, 0.6) is 0 Å². The maximum absolute atomic E-state index is 13.3. The van der Waals surface area contributed by atoms with E-state index >= 15 is 0 Å². The molecule has 134 valence electrons. The molecule has 0 fully saturated rings. The summed E-state index contributed by atoms with van der Waals surface area (Å²) in [6.45, 7) is 2.37. The number of rotatable bonds is 4. The number of aromatic nitrogens is 2. The maximum atomic E-state index is 13.3. The number of halogens is 1. The lowest BCUT2D eigenvalue weighted by Crippen LogP contribution is -2.30. The van der Waals surface area contributed by atoms with E-state index in [1.807, 2.05) is 67.6 Å². The minimum Gasteiger partial charge on any atom is -0.278 e. The highest BCUT2D eigenvalue weighted by Gasteiger charge is 2.22. The van der Waals surface area contributed by atoms with Gasteiger partial charge < -0.3 is 0 Å². The monoisotopic (exact) mass is 437 g/mol. The fraction of sp³-hybridized carbons (Fsp3) is 0.0952. The molecule has 0 aliphatic heterocycles. The second-order valence-corrected chi connectivity index (χ2v) is 8.11. The largest absolute Gasteiger partial charge is 0.278 e. The molecule has 0 unspecified atom stereocenters. The molecule has 2 heterocycles. The van der Waals surface area contributed by atoms with Crippen molar-refractivity contribution in [2.24, 2.45) is 0 Å². The molecular weight excluding hydrogens is 422 g/mol.